The van der Waals surface area contributed by atoms with Gasteiger partial charge in [0.25, 0.3) is 5.91 Å². The Balaban J connectivity index is 1.53. The molecule has 0 fully saturated rings. The van der Waals surface area contributed by atoms with Gasteiger partial charge in [0.2, 0.25) is 5.91 Å². The van der Waals surface area contributed by atoms with Crippen molar-refractivity contribution in [2.24, 2.45) is 0 Å². The largest absolute Gasteiger partial charge is 0.451 e. The SMILES string of the molecule is Cc1ccc(NC(=O)CN(C)C(=O)COC(=O)c2cc3c(C)cc(C)cc3[nH]2)cc1. The van der Waals surface area contributed by atoms with Gasteiger partial charge in [-0.2, -0.15) is 0 Å². The lowest BCUT2D eigenvalue weighted by Crippen LogP contribution is -2.37. The zero-order chi connectivity index (χ0) is 21.8. The van der Waals surface area contributed by atoms with Crippen LogP contribution in [-0.4, -0.2) is 47.9 Å². The van der Waals surface area contributed by atoms with Crippen molar-refractivity contribution in [2.75, 3.05) is 25.5 Å². The molecular weight excluding hydrogens is 382 g/mol. The first-order valence-corrected chi connectivity index (χ1v) is 9.60. The molecule has 1 aromatic heterocycles. The second kappa shape index (κ2) is 8.82. The fourth-order valence-corrected chi connectivity index (χ4v) is 3.17. The van der Waals surface area contributed by atoms with Gasteiger partial charge in [-0.1, -0.05) is 23.8 Å². The number of H-pyrrole nitrogens is 1. The maximum absolute atomic E-state index is 12.3. The molecule has 0 saturated carbocycles. The Kier molecular flexibility index (Phi) is 6.20. The van der Waals surface area contributed by atoms with Crippen LogP contribution in [0.4, 0.5) is 5.69 Å². The molecule has 0 radical (unpaired) electrons. The Morgan fingerprint density at radius 1 is 1.00 bits per heavy atom. The zero-order valence-electron chi connectivity index (χ0n) is 17.5. The Labute approximate surface area is 175 Å². The number of hydrogen-bond donors (Lipinski definition) is 2. The molecule has 0 unspecified atom stereocenters. The Bertz CT molecular complexity index is 1100. The van der Waals surface area contributed by atoms with Crippen molar-refractivity contribution < 1.29 is 19.1 Å². The summed E-state index contributed by atoms with van der Waals surface area (Å²) >= 11 is 0. The molecule has 2 amide bonds. The second-order valence-corrected chi connectivity index (χ2v) is 7.47. The number of nitrogens with zero attached hydrogens (tertiary/aromatic N) is 1. The number of aryl methyl sites for hydroxylation is 3. The van der Waals surface area contributed by atoms with Gasteiger partial charge in [0.1, 0.15) is 5.69 Å². The van der Waals surface area contributed by atoms with Crippen LogP contribution in [0.25, 0.3) is 10.9 Å². The number of amides is 2. The van der Waals surface area contributed by atoms with Gasteiger partial charge in [0.05, 0.1) is 6.54 Å². The number of hydrogen-bond acceptors (Lipinski definition) is 4. The number of esters is 1. The first-order chi connectivity index (χ1) is 14.2. The molecule has 2 N–H and O–H groups in total. The first-order valence-electron chi connectivity index (χ1n) is 9.60. The fourth-order valence-electron chi connectivity index (χ4n) is 3.17. The molecule has 30 heavy (non-hydrogen) atoms. The number of aromatic nitrogens is 1. The van der Waals surface area contributed by atoms with Crippen molar-refractivity contribution >= 4 is 34.4 Å². The molecule has 0 atom stereocenters. The van der Waals surface area contributed by atoms with E-state index in [4.69, 9.17) is 4.74 Å². The van der Waals surface area contributed by atoms with Crippen LogP contribution in [0.1, 0.15) is 27.2 Å². The van der Waals surface area contributed by atoms with Gasteiger partial charge < -0.3 is 19.9 Å². The summed E-state index contributed by atoms with van der Waals surface area (Å²) in [5, 5.41) is 3.66. The number of rotatable bonds is 6. The predicted octanol–water partition coefficient (Wildman–Crippen LogP) is 3.35. The normalized spacial score (nSPS) is 10.7. The Hall–Kier alpha value is -3.61. The number of aromatic amines is 1. The third kappa shape index (κ3) is 5.05. The molecule has 156 valence electrons. The molecule has 0 aliphatic rings. The van der Waals surface area contributed by atoms with Crippen molar-refractivity contribution in [3.8, 4) is 0 Å². The van der Waals surface area contributed by atoms with E-state index >= 15 is 0 Å². The summed E-state index contributed by atoms with van der Waals surface area (Å²) in [6, 6.07) is 13.1. The lowest BCUT2D eigenvalue weighted by molar-refractivity contribution is -0.136. The van der Waals surface area contributed by atoms with Crippen LogP contribution in [0.2, 0.25) is 0 Å². The average molecular weight is 407 g/mol. The fraction of sp³-hybridized carbons (Fsp3) is 0.261. The lowest BCUT2D eigenvalue weighted by Gasteiger charge is -2.16. The van der Waals surface area contributed by atoms with E-state index in [1.54, 1.807) is 18.2 Å². The van der Waals surface area contributed by atoms with E-state index in [1.165, 1.54) is 11.9 Å². The van der Waals surface area contributed by atoms with Gasteiger partial charge >= 0.3 is 5.97 Å². The average Bonchev–Trinajstić information content (AvgIpc) is 3.12. The van der Waals surface area contributed by atoms with Gasteiger partial charge in [-0.25, -0.2) is 4.79 Å². The number of anilines is 1. The van der Waals surface area contributed by atoms with Gasteiger partial charge in [-0.15, -0.1) is 0 Å². The van der Waals surface area contributed by atoms with E-state index in [0.29, 0.717) is 5.69 Å². The van der Waals surface area contributed by atoms with Crippen molar-refractivity contribution in [3.05, 3.63) is 64.8 Å². The van der Waals surface area contributed by atoms with Crippen molar-refractivity contribution in [2.45, 2.75) is 20.8 Å². The highest BCUT2D eigenvalue weighted by Gasteiger charge is 2.18. The summed E-state index contributed by atoms with van der Waals surface area (Å²) in [6.07, 6.45) is 0. The number of fused-ring (bicyclic) bond motifs is 1. The number of carbonyl (C=O) groups excluding carboxylic acids is 3. The maximum Gasteiger partial charge on any atom is 0.355 e. The molecule has 0 spiro atoms. The van der Waals surface area contributed by atoms with Gasteiger partial charge in [-0.3, -0.25) is 9.59 Å². The summed E-state index contributed by atoms with van der Waals surface area (Å²) in [5.74, 6) is -1.41. The summed E-state index contributed by atoms with van der Waals surface area (Å²) in [5.41, 5.74) is 5.00. The van der Waals surface area contributed by atoms with Gasteiger partial charge in [-0.05, 0) is 56.2 Å². The molecule has 0 aliphatic carbocycles. The van der Waals surface area contributed by atoms with Gasteiger partial charge in [0.15, 0.2) is 6.61 Å². The molecule has 1 heterocycles. The molecule has 7 heteroatoms. The molecule has 3 aromatic rings. The topological polar surface area (TPSA) is 91.5 Å². The Morgan fingerprint density at radius 2 is 1.70 bits per heavy atom. The highest BCUT2D eigenvalue weighted by atomic mass is 16.5. The lowest BCUT2D eigenvalue weighted by atomic mass is 10.1. The highest BCUT2D eigenvalue weighted by Crippen LogP contribution is 2.21. The molecule has 0 aliphatic heterocycles. The molecule has 0 bridgehead atoms. The van der Waals surface area contributed by atoms with E-state index in [9.17, 15) is 14.4 Å². The number of ether oxygens (including phenoxy) is 1. The number of nitrogens with one attached hydrogen (secondary N) is 2. The third-order valence-electron chi connectivity index (χ3n) is 4.78. The summed E-state index contributed by atoms with van der Waals surface area (Å²) in [4.78, 5) is 40.9. The van der Waals surface area contributed by atoms with Gasteiger partial charge in [0, 0.05) is 23.6 Å². The Morgan fingerprint density at radius 3 is 2.40 bits per heavy atom. The van der Waals surface area contributed by atoms with Crippen molar-refractivity contribution in [1.29, 1.82) is 0 Å². The van der Waals surface area contributed by atoms with Crippen LogP contribution in [0.3, 0.4) is 0 Å². The monoisotopic (exact) mass is 407 g/mol. The van der Waals surface area contributed by atoms with Crippen LogP contribution in [0, 0.1) is 20.8 Å². The summed E-state index contributed by atoms with van der Waals surface area (Å²) in [6.45, 7) is 5.32. The third-order valence-corrected chi connectivity index (χ3v) is 4.78. The number of carbonyl (C=O) groups is 3. The van der Waals surface area contributed by atoms with E-state index in [1.807, 2.05) is 45.0 Å². The van der Waals surface area contributed by atoms with E-state index < -0.39 is 18.5 Å². The molecule has 3 rings (SSSR count). The quantitative estimate of drug-likeness (QED) is 0.613. The zero-order valence-corrected chi connectivity index (χ0v) is 17.5. The molecule has 0 saturated heterocycles. The van der Waals surface area contributed by atoms with Crippen LogP contribution in [-0.2, 0) is 14.3 Å². The van der Waals surface area contributed by atoms with Crippen LogP contribution in [0.5, 0.6) is 0 Å². The van der Waals surface area contributed by atoms with Crippen LogP contribution >= 0.6 is 0 Å². The van der Waals surface area contributed by atoms with E-state index in [0.717, 1.165) is 27.6 Å². The molecule has 2 aromatic carbocycles. The number of likely N-dealkylation sites (N-methyl/N-ethyl adjacent to an activating group) is 1. The van der Waals surface area contributed by atoms with E-state index in [2.05, 4.69) is 10.3 Å². The maximum atomic E-state index is 12.3. The van der Waals surface area contributed by atoms with Crippen LogP contribution in [0.15, 0.2) is 42.5 Å². The summed E-state index contributed by atoms with van der Waals surface area (Å²) < 4.78 is 5.13. The number of benzene rings is 2. The standard InChI is InChI=1S/C23H25N3O4/c1-14-5-7-17(8-6-14)24-21(27)12-26(4)22(28)13-30-23(29)20-11-18-16(3)9-15(2)10-19(18)25-20/h5-11,25H,12-13H2,1-4H3,(H,24,27). The molecule has 7 nitrogen and oxygen atoms in total. The minimum Gasteiger partial charge on any atom is -0.451 e. The first kappa shape index (κ1) is 21.1. The van der Waals surface area contributed by atoms with E-state index in [-0.39, 0.29) is 18.1 Å². The molecular formula is C23H25N3O4. The second-order valence-electron chi connectivity index (χ2n) is 7.47. The summed E-state index contributed by atoms with van der Waals surface area (Å²) in [7, 11) is 1.49. The minimum absolute atomic E-state index is 0.144. The smallest absolute Gasteiger partial charge is 0.355 e. The van der Waals surface area contributed by atoms with Crippen LogP contribution < -0.4 is 5.32 Å². The minimum atomic E-state index is -0.617. The predicted molar refractivity (Wildman–Crippen MR) is 116 cm³/mol. The van der Waals surface area contributed by atoms with Crippen molar-refractivity contribution in [1.82, 2.24) is 9.88 Å². The highest BCUT2D eigenvalue weighted by molar-refractivity contribution is 5.97. The van der Waals surface area contributed by atoms with Crippen molar-refractivity contribution in [3.63, 3.8) is 0 Å².